The summed E-state index contributed by atoms with van der Waals surface area (Å²) in [6.07, 6.45) is 0. The van der Waals surface area contributed by atoms with Crippen LogP contribution in [0.1, 0.15) is 10.9 Å². The van der Waals surface area contributed by atoms with Crippen LogP contribution >= 0.6 is 11.8 Å². The van der Waals surface area contributed by atoms with E-state index in [4.69, 9.17) is 14.2 Å². The highest BCUT2D eigenvalue weighted by atomic mass is 32.2. The molecule has 0 aliphatic carbocycles. The number of quaternary nitrogens is 1. The summed E-state index contributed by atoms with van der Waals surface area (Å²) in [5.41, 5.74) is 0.965. The Morgan fingerprint density at radius 1 is 1.21 bits per heavy atom. The molecule has 2 aliphatic heterocycles. The molecule has 0 bridgehead atoms. The van der Waals surface area contributed by atoms with Gasteiger partial charge in [-0.3, -0.25) is 9.59 Å². The molecule has 0 aromatic heterocycles. The highest BCUT2D eigenvalue weighted by Crippen LogP contribution is 2.43. The molecule has 1 N–H and O–H groups in total. The molecule has 3 rings (SSSR count). The van der Waals surface area contributed by atoms with Crippen molar-refractivity contribution in [1.82, 2.24) is 9.80 Å². The van der Waals surface area contributed by atoms with E-state index < -0.39 is 0 Å². The van der Waals surface area contributed by atoms with Crippen LogP contribution in [0.25, 0.3) is 0 Å². The van der Waals surface area contributed by atoms with Crippen LogP contribution in [-0.4, -0.2) is 94.6 Å². The summed E-state index contributed by atoms with van der Waals surface area (Å²) in [7, 11) is 4.82. The molecular formula is C20H30N3O5S+. The zero-order chi connectivity index (χ0) is 20.8. The minimum Gasteiger partial charge on any atom is -0.497 e. The Labute approximate surface area is 176 Å². The predicted molar refractivity (Wildman–Crippen MR) is 110 cm³/mol. The average Bonchev–Trinajstić information content (AvgIpc) is 3.12. The maximum atomic E-state index is 12.6. The van der Waals surface area contributed by atoms with Crippen molar-refractivity contribution in [2.45, 2.75) is 5.37 Å². The summed E-state index contributed by atoms with van der Waals surface area (Å²) in [6.45, 7) is 4.91. The van der Waals surface area contributed by atoms with E-state index in [1.165, 1.54) is 12.0 Å². The summed E-state index contributed by atoms with van der Waals surface area (Å²) in [6, 6.07) is 5.70. The third-order valence-electron chi connectivity index (χ3n) is 5.47. The van der Waals surface area contributed by atoms with Gasteiger partial charge < -0.3 is 28.9 Å². The first-order valence-corrected chi connectivity index (χ1v) is 10.9. The van der Waals surface area contributed by atoms with E-state index in [1.807, 2.05) is 28.0 Å². The number of rotatable bonds is 8. The Balaban J connectivity index is 1.60. The number of carbonyl (C=O) groups excluding carboxylic acids is 2. The smallest absolute Gasteiger partial charge is 0.248 e. The van der Waals surface area contributed by atoms with Crippen molar-refractivity contribution in [3.05, 3.63) is 23.8 Å². The van der Waals surface area contributed by atoms with E-state index >= 15 is 0 Å². The molecule has 0 unspecified atom stereocenters. The van der Waals surface area contributed by atoms with E-state index in [2.05, 4.69) is 0 Å². The SMILES string of the molecule is COCC(=O)N1CC[NH+](CCN2C(=O)CS[C@@H]2c2cc(OC)ccc2OC)CC1. The van der Waals surface area contributed by atoms with E-state index in [0.717, 1.165) is 49.8 Å². The molecule has 2 fully saturated rings. The lowest BCUT2D eigenvalue weighted by Crippen LogP contribution is -3.15. The Hall–Kier alpha value is -1.97. The van der Waals surface area contributed by atoms with Gasteiger partial charge >= 0.3 is 0 Å². The second-order valence-electron chi connectivity index (χ2n) is 7.17. The topological polar surface area (TPSA) is 72.8 Å². The maximum absolute atomic E-state index is 12.6. The van der Waals surface area contributed by atoms with Gasteiger partial charge in [0, 0.05) is 12.7 Å². The lowest BCUT2D eigenvalue weighted by atomic mass is 10.1. The van der Waals surface area contributed by atoms with Crippen molar-refractivity contribution in [2.24, 2.45) is 0 Å². The van der Waals surface area contributed by atoms with Gasteiger partial charge in [-0.25, -0.2) is 0 Å². The van der Waals surface area contributed by atoms with Gasteiger partial charge in [-0.2, -0.15) is 0 Å². The summed E-state index contributed by atoms with van der Waals surface area (Å²) in [4.78, 5) is 29.7. The quantitative estimate of drug-likeness (QED) is 0.615. The molecule has 9 heteroatoms. The minimum atomic E-state index is -0.0727. The zero-order valence-corrected chi connectivity index (χ0v) is 18.1. The zero-order valence-electron chi connectivity index (χ0n) is 17.3. The standard InChI is InChI=1S/C20H29N3O5S/c1-26-13-18(24)22-9-6-21(7-10-22)8-11-23-19(25)14-29-20(23)16-12-15(27-2)4-5-17(16)28-3/h4-5,12,20H,6-11,13-14H2,1-3H3/p+1/t20-/m1/s1. The highest BCUT2D eigenvalue weighted by molar-refractivity contribution is 8.00. The summed E-state index contributed by atoms with van der Waals surface area (Å²) >= 11 is 1.62. The second-order valence-corrected chi connectivity index (χ2v) is 8.24. The normalized spacial score (nSPS) is 20.2. The molecular weight excluding hydrogens is 394 g/mol. The van der Waals surface area contributed by atoms with Crippen LogP contribution in [0.5, 0.6) is 11.5 Å². The van der Waals surface area contributed by atoms with E-state index in [9.17, 15) is 9.59 Å². The molecule has 2 amide bonds. The van der Waals surface area contributed by atoms with Gasteiger partial charge in [-0.1, -0.05) is 0 Å². The first-order valence-electron chi connectivity index (χ1n) is 9.80. The molecule has 0 saturated carbocycles. The van der Waals surface area contributed by atoms with Gasteiger partial charge in [0.2, 0.25) is 11.8 Å². The van der Waals surface area contributed by atoms with Crippen LogP contribution in [0.4, 0.5) is 0 Å². The van der Waals surface area contributed by atoms with Crippen LogP contribution in [-0.2, 0) is 14.3 Å². The average molecular weight is 425 g/mol. The van der Waals surface area contributed by atoms with Crippen molar-refractivity contribution in [1.29, 1.82) is 0 Å². The fourth-order valence-electron chi connectivity index (χ4n) is 3.80. The van der Waals surface area contributed by atoms with Crippen LogP contribution in [0, 0.1) is 0 Å². The molecule has 1 aromatic carbocycles. The molecule has 0 radical (unpaired) electrons. The number of hydrogen-bond acceptors (Lipinski definition) is 6. The van der Waals surface area contributed by atoms with E-state index in [0.29, 0.717) is 12.3 Å². The minimum absolute atomic E-state index is 0.0443. The third-order valence-corrected chi connectivity index (χ3v) is 6.71. The lowest BCUT2D eigenvalue weighted by molar-refractivity contribution is -0.903. The van der Waals surface area contributed by atoms with E-state index in [1.54, 1.807) is 26.0 Å². The molecule has 2 heterocycles. The van der Waals surface area contributed by atoms with Gasteiger partial charge in [-0.05, 0) is 18.2 Å². The van der Waals surface area contributed by atoms with Crippen LogP contribution in [0.15, 0.2) is 18.2 Å². The van der Waals surface area contributed by atoms with Gasteiger partial charge in [-0.15, -0.1) is 11.8 Å². The third kappa shape index (κ3) is 5.15. The van der Waals surface area contributed by atoms with Crippen molar-refractivity contribution >= 4 is 23.6 Å². The lowest BCUT2D eigenvalue weighted by Gasteiger charge is -2.33. The van der Waals surface area contributed by atoms with Gasteiger partial charge in [0.15, 0.2) is 0 Å². The monoisotopic (exact) mass is 424 g/mol. The first kappa shape index (κ1) is 21.7. The van der Waals surface area contributed by atoms with Crippen LogP contribution in [0.2, 0.25) is 0 Å². The fraction of sp³-hybridized carbons (Fsp3) is 0.600. The first-order chi connectivity index (χ1) is 14.1. The Bertz CT molecular complexity index is 724. The Morgan fingerprint density at radius 3 is 2.62 bits per heavy atom. The number of carbonyl (C=O) groups is 2. The van der Waals surface area contributed by atoms with Gasteiger partial charge in [0.1, 0.15) is 23.5 Å². The molecule has 0 spiro atoms. The van der Waals surface area contributed by atoms with Gasteiger partial charge in [0.25, 0.3) is 0 Å². The van der Waals surface area contributed by atoms with Crippen LogP contribution in [0.3, 0.4) is 0 Å². The number of ether oxygens (including phenoxy) is 3. The van der Waals surface area contributed by atoms with Crippen molar-refractivity contribution < 1.29 is 28.7 Å². The molecule has 2 saturated heterocycles. The second kappa shape index (κ2) is 10.2. The number of piperazine rings is 1. The molecule has 29 heavy (non-hydrogen) atoms. The molecule has 160 valence electrons. The summed E-state index contributed by atoms with van der Waals surface area (Å²) in [5.74, 6) is 2.18. The molecule has 1 atom stereocenters. The molecule has 8 nitrogen and oxygen atoms in total. The molecule has 2 aliphatic rings. The number of thioether (sulfide) groups is 1. The van der Waals surface area contributed by atoms with Crippen LogP contribution < -0.4 is 14.4 Å². The number of nitrogens with one attached hydrogen (secondary N) is 1. The van der Waals surface area contributed by atoms with Crippen molar-refractivity contribution in [2.75, 3.05) is 73.0 Å². The maximum Gasteiger partial charge on any atom is 0.248 e. The fourth-order valence-corrected chi connectivity index (χ4v) is 5.03. The highest BCUT2D eigenvalue weighted by Gasteiger charge is 2.35. The summed E-state index contributed by atoms with van der Waals surface area (Å²) in [5, 5.41) is -0.0727. The number of hydrogen-bond donors (Lipinski definition) is 1. The Kier molecular flexibility index (Phi) is 7.63. The van der Waals surface area contributed by atoms with Gasteiger partial charge in [0.05, 0.1) is 59.2 Å². The number of amides is 2. The van der Waals surface area contributed by atoms with Crippen molar-refractivity contribution in [3.63, 3.8) is 0 Å². The number of methoxy groups -OCH3 is 3. The largest absolute Gasteiger partial charge is 0.497 e. The van der Waals surface area contributed by atoms with Crippen molar-refractivity contribution in [3.8, 4) is 11.5 Å². The molecule has 1 aromatic rings. The number of benzene rings is 1. The number of nitrogens with zero attached hydrogens (tertiary/aromatic N) is 2. The Morgan fingerprint density at radius 2 is 1.97 bits per heavy atom. The predicted octanol–water partition coefficient (Wildman–Crippen LogP) is -0.349. The summed E-state index contributed by atoms with van der Waals surface area (Å²) < 4.78 is 15.8. The van der Waals surface area contributed by atoms with E-state index in [-0.39, 0.29) is 23.8 Å².